The summed E-state index contributed by atoms with van der Waals surface area (Å²) in [6.45, 7) is 15.0. The van der Waals surface area contributed by atoms with Crippen LogP contribution < -0.4 is 4.74 Å². The lowest BCUT2D eigenvalue weighted by molar-refractivity contribution is 0.197. The molecule has 0 aliphatic rings. The molecule has 1 aromatic carbocycles. The van der Waals surface area contributed by atoms with Gasteiger partial charge in [-0.2, -0.15) is 0 Å². The standard InChI is InChI=1S/C14H19ClO.C3H8/c1-5-7-11-8-6-9-12(15)13(11)16-10-14(2,3)4;1-3-2/h5-6,8-9H,1,7,10H2,2-4H3;3H2,1-2H3. The number of halogens is 1. The molecule has 0 bridgehead atoms. The Bertz CT molecular complexity index is 377. The lowest BCUT2D eigenvalue weighted by atomic mass is 9.98. The van der Waals surface area contributed by atoms with E-state index in [2.05, 4.69) is 41.2 Å². The van der Waals surface area contributed by atoms with Crippen LogP contribution in [0.25, 0.3) is 0 Å². The maximum absolute atomic E-state index is 6.13. The molecular weight excluding hydrogens is 256 g/mol. The summed E-state index contributed by atoms with van der Waals surface area (Å²) in [4.78, 5) is 0. The first-order valence-electron chi connectivity index (χ1n) is 6.86. The number of rotatable bonds is 4. The van der Waals surface area contributed by atoms with Crippen LogP contribution in [0.4, 0.5) is 0 Å². The molecule has 0 atom stereocenters. The van der Waals surface area contributed by atoms with Crippen LogP contribution in [0.1, 0.15) is 46.6 Å². The Morgan fingerprint density at radius 3 is 2.32 bits per heavy atom. The van der Waals surface area contributed by atoms with Crippen molar-refractivity contribution in [2.45, 2.75) is 47.5 Å². The largest absolute Gasteiger partial charge is 0.491 e. The van der Waals surface area contributed by atoms with E-state index in [1.807, 2.05) is 24.3 Å². The second-order valence-corrected chi connectivity index (χ2v) is 6.18. The van der Waals surface area contributed by atoms with Crippen molar-refractivity contribution in [3.8, 4) is 5.75 Å². The third kappa shape index (κ3) is 7.94. The normalized spacial score (nSPS) is 10.4. The maximum Gasteiger partial charge on any atom is 0.141 e. The van der Waals surface area contributed by atoms with Crippen molar-refractivity contribution in [2.75, 3.05) is 6.61 Å². The molecule has 0 radical (unpaired) electrons. The summed E-state index contributed by atoms with van der Waals surface area (Å²) in [5.74, 6) is 0.791. The Labute approximate surface area is 123 Å². The van der Waals surface area contributed by atoms with Gasteiger partial charge in [-0.3, -0.25) is 0 Å². The van der Waals surface area contributed by atoms with Gasteiger partial charge in [0.15, 0.2) is 0 Å². The molecule has 0 saturated heterocycles. The number of benzene rings is 1. The van der Waals surface area contributed by atoms with Gasteiger partial charge >= 0.3 is 0 Å². The quantitative estimate of drug-likeness (QED) is 0.624. The van der Waals surface area contributed by atoms with Crippen LogP contribution in [-0.2, 0) is 6.42 Å². The average molecular weight is 283 g/mol. The highest BCUT2D eigenvalue weighted by Gasteiger charge is 2.14. The summed E-state index contributed by atoms with van der Waals surface area (Å²) in [7, 11) is 0. The SMILES string of the molecule is C=CCc1cccc(Cl)c1OCC(C)(C)C.CCC. The van der Waals surface area contributed by atoms with Gasteiger partial charge < -0.3 is 4.74 Å². The zero-order valence-corrected chi connectivity index (χ0v) is 13.7. The molecule has 0 N–H and O–H groups in total. The second kappa shape index (κ2) is 9.03. The average Bonchev–Trinajstić information content (AvgIpc) is 2.28. The predicted octanol–water partition coefficient (Wildman–Crippen LogP) is 5.91. The van der Waals surface area contributed by atoms with Gasteiger partial charge in [0.25, 0.3) is 0 Å². The van der Waals surface area contributed by atoms with E-state index < -0.39 is 0 Å². The van der Waals surface area contributed by atoms with E-state index in [0.717, 1.165) is 17.7 Å². The van der Waals surface area contributed by atoms with E-state index >= 15 is 0 Å². The fourth-order valence-electron chi connectivity index (χ4n) is 1.32. The van der Waals surface area contributed by atoms with Crippen LogP contribution in [0.5, 0.6) is 5.75 Å². The fourth-order valence-corrected chi connectivity index (χ4v) is 1.57. The number of para-hydroxylation sites is 1. The molecule has 2 heteroatoms. The van der Waals surface area contributed by atoms with Gasteiger partial charge in [-0.1, -0.05) is 70.8 Å². The summed E-state index contributed by atoms with van der Waals surface area (Å²) in [6, 6.07) is 5.81. The minimum Gasteiger partial charge on any atom is -0.491 e. The number of hydrogen-bond acceptors (Lipinski definition) is 1. The zero-order valence-electron chi connectivity index (χ0n) is 12.9. The number of ether oxygens (including phenoxy) is 1. The molecule has 1 aromatic rings. The molecule has 1 nitrogen and oxygen atoms in total. The van der Waals surface area contributed by atoms with E-state index in [1.54, 1.807) is 0 Å². The van der Waals surface area contributed by atoms with Gasteiger partial charge in [-0.25, -0.2) is 0 Å². The Morgan fingerprint density at radius 2 is 1.84 bits per heavy atom. The van der Waals surface area contributed by atoms with Crippen molar-refractivity contribution in [1.82, 2.24) is 0 Å². The summed E-state index contributed by atoms with van der Waals surface area (Å²) in [5.41, 5.74) is 1.22. The monoisotopic (exact) mass is 282 g/mol. The third-order valence-corrected chi connectivity index (χ3v) is 2.36. The van der Waals surface area contributed by atoms with Crippen LogP contribution in [-0.4, -0.2) is 6.61 Å². The van der Waals surface area contributed by atoms with E-state index in [9.17, 15) is 0 Å². The summed E-state index contributed by atoms with van der Waals surface area (Å²) < 4.78 is 5.81. The van der Waals surface area contributed by atoms with Gasteiger partial charge in [-0.05, 0) is 23.5 Å². The second-order valence-electron chi connectivity index (χ2n) is 5.78. The molecular formula is C17H27ClO. The van der Waals surface area contributed by atoms with E-state index in [0.29, 0.717) is 11.6 Å². The Kier molecular flexibility index (Phi) is 8.58. The van der Waals surface area contributed by atoms with E-state index in [4.69, 9.17) is 16.3 Å². The Hall–Kier alpha value is -0.950. The van der Waals surface area contributed by atoms with Crippen molar-refractivity contribution in [1.29, 1.82) is 0 Å². The lowest BCUT2D eigenvalue weighted by Gasteiger charge is -2.20. The van der Waals surface area contributed by atoms with Crippen LogP contribution in [0.3, 0.4) is 0 Å². The van der Waals surface area contributed by atoms with Crippen LogP contribution in [0, 0.1) is 5.41 Å². The molecule has 0 aromatic heterocycles. The summed E-state index contributed by atoms with van der Waals surface area (Å²) >= 11 is 6.13. The van der Waals surface area contributed by atoms with E-state index in [1.165, 1.54) is 6.42 Å². The number of hydrogen-bond donors (Lipinski definition) is 0. The van der Waals surface area contributed by atoms with Crippen molar-refractivity contribution in [2.24, 2.45) is 5.41 Å². The van der Waals surface area contributed by atoms with Crippen molar-refractivity contribution in [3.05, 3.63) is 41.4 Å². The van der Waals surface area contributed by atoms with Gasteiger partial charge in [0.05, 0.1) is 11.6 Å². The minimum absolute atomic E-state index is 0.130. The lowest BCUT2D eigenvalue weighted by Crippen LogP contribution is -2.17. The van der Waals surface area contributed by atoms with Crippen LogP contribution >= 0.6 is 11.6 Å². The van der Waals surface area contributed by atoms with Crippen molar-refractivity contribution < 1.29 is 4.74 Å². The zero-order chi connectivity index (χ0) is 14.9. The van der Waals surface area contributed by atoms with Crippen LogP contribution in [0.2, 0.25) is 5.02 Å². The molecule has 19 heavy (non-hydrogen) atoms. The highest BCUT2D eigenvalue weighted by atomic mass is 35.5. The molecule has 1 rings (SSSR count). The highest BCUT2D eigenvalue weighted by molar-refractivity contribution is 6.32. The van der Waals surface area contributed by atoms with Crippen molar-refractivity contribution in [3.63, 3.8) is 0 Å². The first-order chi connectivity index (χ1) is 8.85. The smallest absolute Gasteiger partial charge is 0.141 e. The summed E-state index contributed by atoms with van der Waals surface area (Å²) in [5, 5.41) is 0.670. The van der Waals surface area contributed by atoms with Crippen LogP contribution in [0.15, 0.2) is 30.9 Å². The Morgan fingerprint density at radius 1 is 1.26 bits per heavy atom. The number of allylic oxidation sites excluding steroid dienone is 1. The van der Waals surface area contributed by atoms with Gasteiger partial charge in [0.1, 0.15) is 5.75 Å². The minimum atomic E-state index is 0.130. The van der Waals surface area contributed by atoms with E-state index in [-0.39, 0.29) is 5.41 Å². The molecule has 0 aliphatic heterocycles. The van der Waals surface area contributed by atoms with Crippen molar-refractivity contribution >= 4 is 11.6 Å². The molecule has 108 valence electrons. The van der Waals surface area contributed by atoms with Gasteiger partial charge in [-0.15, -0.1) is 6.58 Å². The molecule has 0 fully saturated rings. The molecule has 0 saturated carbocycles. The maximum atomic E-state index is 6.13. The molecule has 0 spiro atoms. The predicted molar refractivity (Wildman–Crippen MR) is 86.3 cm³/mol. The van der Waals surface area contributed by atoms with Gasteiger partial charge in [0, 0.05) is 0 Å². The highest BCUT2D eigenvalue weighted by Crippen LogP contribution is 2.30. The first-order valence-corrected chi connectivity index (χ1v) is 7.24. The van der Waals surface area contributed by atoms with Gasteiger partial charge in [0.2, 0.25) is 0 Å². The first kappa shape index (κ1) is 18.0. The topological polar surface area (TPSA) is 9.23 Å². The Balaban J connectivity index is 0.000000982. The third-order valence-electron chi connectivity index (χ3n) is 2.06. The molecule has 0 aliphatic carbocycles. The molecule has 0 unspecified atom stereocenters. The molecule has 0 amide bonds. The fraction of sp³-hybridized carbons (Fsp3) is 0.529. The summed E-state index contributed by atoms with van der Waals surface area (Å²) in [6.07, 6.45) is 3.88. The molecule has 0 heterocycles.